The number of benzene rings is 2. The molecule has 1 fully saturated rings. The maximum Gasteiger partial charge on any atom is 0.224 e. The number of carbonyl (C=O) groups excluding carboxylic acids is 1. The number of rotatable bonds is 7. The molecular formula is C25H26N6O2. The third kappa shape index (κ3) is 4.42. The predicted octanol–water partition coefficient (Wildman–Crippen LogP) is 3.66. The summed E-state index contributed by atoms with van der Waals surface area (Å²) in [6.45, 7) is 1.86. The van der Waals surface area contributed by atoms with Crippen LogP contribution in [0.1, 0.15) is 18.5 Å². The molecule has 0 radical (unpaired) electrons. The minimum absolute atomic E-state index is 0.125. The number of fused-ring (bicyclic) bond motifs is 1. The van der Waals surface area contributed by atoms with E-state index in [1.165, 1.54) is 5.39 Å². The van der Waals surface area contributed by atoms with Gasteiger partial charge in [-0.15, -0.1) is 0 Å². The van der Waals surface area contributed by atoms with Crippen LogP contribution in [0, 0.1) is 0 Å². The lowest BCUT2D eigenvalue weighted by molar-refractivity contribution is -0.119. The molecule has 1 amide bonds. The van der Waals surface area contributed by atoms with Gasteiger partial charge in [-0.2, -0.15) is 4.98 Å². The number of amides is 1. The van der Waals surface area contributed by atoms with Crippen molar-refractivity contribution in [1.82, 2.24) is 24.4 Å². The molecule has 33 heavy (non-hydrogen) atoms. The monoisotopic (exact) mass is 442 g/mol. The highest BCUT2D eigenvalue weighted by molar-refractivity contribution is 5.86. The third-order valence-electron chi connectivity index (χ3n) is 5.94. The van der Waals surface area contributed by atoms with Crippen LogP contribution in [0.3, 0.4) is 0 Å². The Bertz CT molecular complexity index is 1270. The molecule has 1 aliphatic heterocycles. The Hall–Kier alpha value is -3.78. The Morgan fingerprint density at radius 1 is 1.15 bits per heavy atom. The number of nitrogens with zero attached hydrogens (tertiary/aromatic N) is 5. The minimum Gasteiger partial charge on any atom is -0.378 e. The van der Waals surface area contributed by atoms with E-state index in [1.807, 2.05) is 29.0 Å². The molecule has 168 valence electrons. The van der Waals surface area contributed by atoms with E-state index in [0.717, 1.165) is 48.3 Å². The van der Waals surface area contributed by atoms with Crippen LogP contribution in [-0.4, -0.2) is 57.1 Å². The van der Waals surface area contributed by atoms with Gasteiger partial charge >= 0.3 is 0 Å². The van der Waals surface area contributed by atoms with Crippen molar-refractivity contribution in [2.45, 2.75) is 25.5 Å². The first-order valence-corrected chi connectivity index (χ1v) is 11.1. The molecular weight excluding hydrogens is 416 g/mol. The van der Waals surface area contributed by atoms with Crippen LogP contribution in [0.15, 0.2) is 60.9 Å². The number of anilines is 1. The van der Waals surface area contributed by atoms with Crippen molar-refractivity contribution in [2.24, 2.45) is 0 Å². The molecule has 1 saturated heterocycles. The fraction of sp³-hybridized carbons (Fsp3) is 0.280. The lowest BCUT2D eigenvalue weighted by atomic mass is 10.1. The molecule has 3 heterocycles. The fourth-order valence-corrected chi connectivity index (χ4v) is 4.37. The number of carbonyl (C=O) groups is 1. The molecule has 1 aliphatic rings. The average Bonchev–Trinajstić information content (AvgIpc) is 3.28. The Balaban J connectivity index is 1.51. The Labute approximate surface area is 192 Å². The second-order valence-electron chi connectivity index (χ2n) is 8.23. The number of ether oxygens (including phenoxy) is 1. The minimum atomic E-state index is 0.125. The van der Waals surface area contributed by atoms with Crippen LogP contribution in [-0.2, 0) is 16.1 Å². The molecule has 5 rings (SSSR count). The van der Waals surface area contributed by atoms with E-state index in [-0.39, 0.29) is 6.04 Å². The third-order valence-corrected chi connectivity index (χ3v) is 5.94. The number of methoxy groups -OCH3 is 1. The summed E-state index contributed by atoms with van der Waals surface area (Å²) >= 11 is 0. The van der Waals surface area contributed by atoms with Crippen molar-refractivity contribution < 1.29 is 9.53 Å². The van der Waals surface area contributed by atoms with Gasteiger partial charge in [-0.3, -0.25) is 9.36 Å². The highest BCUT2D eigenvalue weighted by Crippen LogP contribution is 2.27. The Kier molecular flexibility index (Phi) is 5.99. The van der Waals surface area contributed by atoms with Crippen molar-refractivity contribution in [3.8, 4) is 17.2 Å². The van der Waals surface area contributed by atoms with Gasteiger partial charge in [0.05, 0.1) is 18.5 Å². The quantitative estimate of drug-likeness (QED) is 0.440. The first kappa shape index (κ1) is 21.1. The largest absolute Gasteiger partial charge is 0.378 e. The molecule has 8 heteroatoms. The Morgan fingerprint density at radius 3 is 2.88 bits per heavy atom. The molecule has 4 aromatic rings. The lowest BCUT2D eigenvalue weighted by Gasteiger charge is -2.30. The molecule has 1 N–H and O–H groups in total. The standard InChI is InChI=1S/C25H26N6O2/c1-33-16-22-14-27-24(20-9-8-18-5-2-3-6-19(18)13-20)31(22)23-10-11-26-25(29-23)28-21-7-4-12-30(15-21)17-32/h2-3,5-6,8-11,13-14,17,21H,4,7,12,15-16H2,1H3,(H,26,28,29). The predicted molar refractivity (Wildman–Crippen MR) is 127 cm³/mol. The SMILES string of the molecule is COCc1cnc(-c2ccc3ccccc3c2)n1-c1ccnc(NC2CCCN(C=O)C2)n1. The molecule has 0 bridgehead atoms. The number of likely N-dealkylation sites (tertiary alicyclic amines) is 1. The van der Waals surface area contributed by atoms with E-state index in [0.29, 0.717) is 24.9 Å². The van der Waals surface area contributed by atoms with E-state index in [1.54, 1.807) is 18.2 Å². The van der Waals surface area contributed by atoms with Crippen LogP contribution in [0.25, 0.3) is 28.0 Å². The maximum atomic E-state index is 11.2. The highest BCUT2D eigenvalue weighted by Gasteiger charge is 2.20. The topological polar surface area (TPSA) is 85.2 Å². The molecule has 0 spiro atoms. The summed E-state index contributed by atoms with van der Waals surface area (Å²) in [7, 11) is 1.67. The summed E-state index contributed by atoms with van der Waals surface area (Å²) in [6.07, 6.45) is 6.41. The zero-order chi connectivity index (χ0) is 22.6. The molecule has 2 aromatic carbocycles. The summed E-state index contributed by atoms with van der Waals surface area (Å²) in [6, 6.07) is 16.6. The van der Waals surface area contributed by atoms with E-state index in [4.69, 9.17) is 14.7 Å². The van der Waals surface area contributed by atoms with Gasteiger partial charge in [0, 0.05) is 38.0 Å². The number of nitrogens with one attached hydrogen (secondary N) is 1. The van der Waals surface area contributed by atoms with Crippen molar-refractivity contribution in [1.29, 1.82) is 0 Å². The van der Waals surface area contributed by atoms with Crippen molar-refractivity contribution in [2.75, 3.05) is 25.5 Å². The van der Waals surface area contributed by atoms with Gasteiger partial charge in [0.15, 0.2) is 0 Å². The summed E-state index contributed by atoms with van der Waals surface area (Å²) < 4.78 is 7.44. The van der Waals surface area contributed by atoms with Crippen LogP contribution < -0.4 is 5.32 Å². The van der Waals surface area contributed by atoms with Gasteiger partial charge in [-0.05, 0) is 35.7 Å². The summed E-state index contributed by atoms with van der Waals surface area (Å²) in [5, 5.41) is 5.73. The first-order valence-electron chi connectivity index (χ1n) is 11.1. The molecule has 0 aliphatic carbocycles. The van der Waals surface area contributed by atoms with Gasteiger partial charge in [0.2, 0.25) is 12.4 Å². The first-order chi connectivity index (χ1) is 16.2. The summed E-state index contributed by atoms with van der Waals surface area (Å²) in [4.78, 5) is 26.9. The second-order valence-corrected chi connectivity index (χ2v) is 8.23. The van der Waals surface area contributed by atoms with Gasteiger partial charge in [0.1, 0.15) is 11.6 Å². The number of imidazole rings is 1. The van der Waals surface area contributed by atoms with E-state index in [9.17, 15) is 4.79 Å². The number of hydrogen-bond acceptors (Lipinski definition) is 6. The van der Waals surface area contributed by atoms with Crippen LogP contribution >= 0.6 is 0 Å². The molecule has 1 atom stereocenters. The fourth-order valence-electron chi connectivity index (χ4n) is 4.37. The van der Waals surface area contributed by atoms with Crippen LogP contribution in [0.5, 0.6) is 0 Å². The van der Waals surface area contributed by atoms with Crippen molar-refractivity contribution >= 4 is 23.1 Å². The molecule has 8 nitrogen and oxygen atoms in total. The van der Waals surface area contributed by atoms with E-state index >= 15 is 0 Å². The van der Waals surface area contributed by atoms with Gasteiger partial charge in [-0.1, -0.05) is 36.4 Å². The molecule has 2 aromatic heterocycles. The second kappa shape index (κ2) is 9.38. The summed E-state index contributed by atoms with van der Waals surface area (Å²) in [5.41, 5.74) is 1.90. The number of aromatic nitrogens is 4. The molecule has 1 unspecified atom stereocenters. The maximum absolute atomic E-state index is 11.2. The normalized spacial score (nSPS) is 16.2. The van der Waals surface area contributed by atoms with Gasteiger partial charge < -0.3 is 15.0 Å². The van der Waals surface area contributed by atoms with Gasteiger partial charge in [-0.25, -0.2) is 9.97 Å². The van der Waals surface area contributed by atoms with Crippen molar-refractivity contribution in [3.05, 3.63) is 66.6 Å². The van der Waals surface area contributed by atoms with Crippen LogP contribution in [0.4, 0.5) is 5.95 Å². The van der Waals surface area contributed by atoms with E-state index < -0.39 is 0 Å². The highest BCUT2D eigenvalue weighted by atomic mass is 16.5. The average molecular weight is 443 g/mol. The summed E-state index contributed by atoms with van der Waals surface area (Å²) in [5.74, 6) is 2.04. The van der Waals surface area contributed by atoms with Gasteiger partial charge in [0.25, 0.3) is 0 Å². The van der Waals surface area contributed by atoms with Crippen molar-refractivity contribution in [3.63, 3.8) is 0 Å². The zero-order valence-electron chi connectivity index (χ0n) is 18.5. The lowest BCUT2D eigenvalue weighted by Crippen LogP contribution is -2.41. The molecule has 0 saturated carbocycles. The Morgan fingerprint density at radius 2 is 2.03 bits per heavy atom. The van der Waals surface area contributed by atoms with E-state index in [2.05, 4.69) is 40.6 Å². The number of hydrogen-bond donors (Lipinski definition) is 1. The number of piperidine rings is 1. The zero-order valence-corrected chi connectivity index (χ0v) is 18.5. The van der Waals surface area contributed by atoms with Crippen LogP contribution in [0.2, 0.25) is 0 Å². The smallest absolute Gasteiger partial charge is 0.224 e.